The summed E-state index contributed by atoms with van der Waals surface area (Å²) in [6, 6.07) is 3.57. The van der Waals surface area contributed by atoms with Gasteiger partial charge in [-0.15, -0.1) is 22.9 Å². The van der Waals surface area contributed by atoms with Crippen molar-refractivity contribution in [1.29, 1.82) is 0 Å². The largest absolute Gasteiger partial charge is 0.240 e. The van der Waals surface area contributed by atoms with Gasteiger partial charge >= 0.3 is 0 Å². The predicted octanol–water partition coefficient (Wildman–Crippen LogP) is 4.34. The minimum Gasteiger partial charge on any atom is -0.240 e. The number of rotatable bonds is 1. The lowest BCUT2D eigenvalue weighted by Crippen LogP contribution is -1.73. The van der Waals surface area contributed by atoms with Crippen LogP contribution in [0.1, 0.15) is 5.01 Å². The fourth-order valence-corrected chi connectivity index (χ4v) is 2.48. The first-order valence-electron chi connectivity index (χ1n) is 3.51. The molecule has 0 N–H and O–H groups in total. The van der Waals surface area contributed by atoms with E-state index in [9.17, 15) is 0 Å². The molecule has 0 saturated heterocycles. The van der Waals surface area contributed by atoms with Crippen LogP contribution in [0, 0.1) is 0 Å². The second-order valence-corrected chi connectivity index (χ2v) is 4.67. The second-order valence-electron chi connectivity index (χ2n) is 2.48. The van der Waals surface area contributed by atoms with E-state index in [4.69, 9.17) is 34.8 Å². The lowest BCUT2D eigenvalue weighted by molar-refractivity contribution is 1.30. The van der Waals surface area contributed by atoms with Crippen molar-refractivity contribution in [3.8, 4) is 0 Å². The number of halogens is 3. The van der Waals surface area contributed by atoms with E-state index in [1.165, 1.54) is 11.3 Å². The van der Waals surface area contributed by atoms with Crippen molar-refractivity contribution in [2.75, 3.05) is 0 Å². The summed E-state index contributed by atoms with van der Waals surface area (Å²) in [6.07, 6.45) is 0. The van der Waals surface area contributed by atoms with Crippen molar-refractivity contribution in [3.63, 3.8) is 0 Å². The molecule has 1 aromatic heterocycles. The van der Waals surface area contributed by atoms with Gasteiger partial charge in [0.1, 0.15) is 5.01 Å². The molecule has 0 bridgehead atoms. The third-order valence-electron chi connectivity index (χ3n) is 1.59. The summed E-state index contributed by atoms with van der Waals surface area (Å²) < 4.78 is 1.02. The van der Waals surface area contributed by atoms with Gasteiger partial charge < -0.3 is 0 Å². The van der Waals surface area contributed by atoms with Crippen LogP contribution in [0.2, 0.25) is 10.0 Å². The second kappa shape index (κ2) is 3.62. The van der Waals surface area contributed by atoms with Gasteiger partial charge in [0.2, 0.25) is 0 Å². The summed E-state index contributed by atoms with van der Waals surface area (Å²) in [5.41, 5.74) is 0.857. The average Bonchev–Trinajstić information content (AvgIpc) is 2.48. The molecule has 0 unspecified atom stereocenters. The number of benzene rings is 1. The molecule has 1 aromatic carbocycles. The van der Waals surface area contributed by atoms with Crippen LogP contribution in [0.5, 0.6) is 0 Å². The molecule has 0 amide bonds. The first-order chi connectivity index (χ1) is 6.20. The molecular formula is C8H4Cl3NS. The zero-order valence-electron chi connectivity index (χ0n) is 6.35. The molecule has 0 radical (unpaired) electrons. The first kappa shape index (κ1) is 9.53. The molecular weight excluding hydrogens is 249 g/mol. The van der Waals surface area contributed by atoms with Crippen LogP contribution in [-0.4, -0.2) is 4.98 Å². The minimum atomic E-state index is 0.425. The van der Waals surface area contributed by atoms with Crippen LogP contribution in [0.4, 0.5) is 0 Å². The van der Waals surface area contributed by atoms with Crippen molar-refractivity contribution in [3.05, 3.63) is 27.2 Å². The van der Waals surface area contributed by atoms with Crippen molar-refractivity contribution in [2.24, 2.45) is 0 Å². The molecule has 0 spiro atoms. The Morgan fingerprint density at radius 1 is 1.23 bits per heavy atom. The Morgan fingerprint density at radius 3 is 2.62 bits per heavy atom. The van der Waals surface area contributed by atoms with Crippen LogP contribution < -0.4 is 0 Å². The van der Waals surface area contributed by atoms with Crippen LogP contribution in [0.3, 0.4) is 0 Å². The Balaban J connectivity index is 2.70. The van der Waals surface area contributed by atoms with Crippen molar-refractivity contribution in [1.82, 2.24) is 4.98 Å². The number of nitrogens with zero attached hydrogens (tertiary/aromatic N) is 1. The molecule has 0 atom stereocenters. The van der Waals surface area contributed by atoms with Crippen LogP contribution in [-0.2, 0) is 5.88 Å². The summed E-state index contributed by atoms with van der Waals surface area (Å²) in [6.45, 7) is 0. The maximum absolute atomic E-state index is 5.85. The Labute approximate surface area is 94.2 Å². The Morgan fingerprint density at radius 2 is 1.92 bits per heavy atom. The predicted molar refractivity (Wildman–Crippen MR) is 59.2 cm³/mol. The van der Waals surface area contributed by atoms with E-state index in [1.54, 1.807) is 6.07 Å². The molecule has 0 fully saturated rings. The van der Waals surface area contributed by atoms with Gasteiger partial charge in [-0.2, -0.15) is 0 Å². The van der Waals surface area contributed by atoms with E-state index in [1.807, 2.05) is 6.07 Å². The summed E-state index contributed by atoms with van der Waals surface area (Å²) in [5.74, 6) is 0.425. The van der Waals surface area contributed by atoms with Gasteiger partial charge in [-0.3, -0.25) is 0 Å². The van der Waals surface area contributed by atoms with Crippen LogP contribution in [0.15, 0.2) is 12.1 Å². The lowest BCUT2D eigenvalue weighted by atomic mass is 10.3. The van der Waals surface area contributed by atoms with Gasteiger partial charge in [0.15, 0.2) is 0 Å². The standard InChI is InChI=1S/C8H4Cl3NS/c9-3-8-12-6-1-4(10)5(11)2-7(6)13-8/h1-2H,3H2. The maximum Gasteiger partial charge on any atom is 0.109 e. The molecule has 2 rings (SSSR count). The van der Waals surface area contributed by atoms with Gasteiger partial charge in [0, 0.05) is 0 Å². The fourth-order valence-electron chi connectivity index (χ4n) is 1.03. The normalized spacial score (nSPS) is 11.0. The van der Waals surface area contributed by atoms with E-state index in [0.29, 0.717) is 15.9 Å². The summed E-state index contributed by atoms with van der Waals surface area (Å²) in [7, 11) is 0. The molecule has 0 aliphatic heterocycles. The van der Waals surface area contributed by atoms with Crippen molar-refractivity contribution >= 4 is 56.4 Å². The highest BCUT2D eigenvalue weighted by Crippen LogP contribution is 2.31. The van der Waals surface area contributed by atoms with Gasteiger partial charge in [0.25, 0.3) is 0 Å². The summed E-state index contributed by atoms with van der Waals surface area (Å²) in [4.78, 5) is 4.28. The van der Waals surface area contributed by atoms with E-state index in [2.05, 4.69) is 4.98 Å². The first-order valence-corrected chi connectivity index (χ1v) is 5.62. The highest BCUT2D eigenvalue weighted by Gasteiger charge is 2.06. The lowest BCUT2D eigenvalue weighted by Gasteiger charge is -1.92. The zero-order valence-corrected chi connectivity index (χ0v) is 9.44. The van der Waals surface area contributed by atoms with Gasteiger partial charge in [-0.25, -0.2) is 4.98 Å². The number of thiazole rings is 1. The van der Waals surface area contributed by atoms with Crippen LogP contribution in [0.25, 0.3) is 10.2 Å². The molecule has 0 aliphatic carbocycles. The molecule has 5 heteroatoms. The van der Waals surface area contributed by atoms with Crippen molar-refractivity contribution in [2.45, 2.75) is 5.88 Å². The van der Waals surface area contributed by atoms with E-state index >= 15 is 0 Å². The third-order valence-corrected chi connectivity index (χ3v) is 3.74. The van der Waals surface area contributed by atoms with Gasteiger partial charge in [0.05, 0.1) is 26.1 Å². The monoisotopic (exact) mass is 251 g/mol. The highest BCUT2D eigenvalue weighted by atomic mass is 35.5. The van der Waals surface area contributed by atoms with Gasteiger partial charge in [-0.1, -0.05) is 23.2 Å². The highest BCUT2D eigenvalue weighted by molar-refractivity contribution is 7.18. The quantitative estimate of drug-likeness (QED) is 0.688. The minimum absolute atomic E-state index is 0.425. The molecule has 68 valence electrons. The smallest absolute Gasteiger partial charge is 0.109 e. The zero-order chi connectivity index (χ0) is 9.42. The third kappa shape index (κ3) is 1.77. The van der Waals surface area contributed by atoms with Gasteiger partial charge in [-0.05, 0) is 12.1 Å². The summed E-state index contributed by atoms with van der Waals surface area (Å²) >= 11 is 18.9. The van der Waals surface area contributed by atoms with E-state index in [0.717, 1.165) is 15.2 Å². The fraction of sp³-hybridized carbons (Fsp3) is 0.125. The van der Waals surface area contributed by atoms with E-state index < -0.39 is 0 Å². The Hall–Kier alpha value is -0.0200. The Kier molecular flexibility index (Phi) is 2.65. The number of alkyl halides is 1. The molecule has 1 heterocycles. The molecule has 2 aromatic rings. The van der Waals surface area contributed by atoms with Crippen molar-refractivity contribution < 1.29 is 0 Å². The SMILES string of the molecule is ClCc1nc2cc(Cl)c(Cl)cc2s1. The molecule has 0 saturated carbocycles. The number of fused-ring (bicyclic) bond motifs is 1. The number of aromatic nitrogens is 1. The Bertz CT molecular complexity index is 413. The molecule has 13 heavy (non-hydrogen) atoms. The summed E-state index contributed by atoms with van der Waals surface area (Å²) in [5, 5.41) is 1.97. The number of hydrogen-bond donors (Lipinski definition) is 0. The average molecular weight is 253 g/mol. The topological polar surface area (TPSA) is 12.9 Å². The molecule has 1 nitrogen and oxygen atoms in total. The molecule has 0 aliphatic rings. The van der Waals surface area contributed by atoms with E-state index in [-0.39, 0.29) is 0 Å². The number of hydrogen-bond acceptors (Lipinski definition) is 2. The van der Waals surface area contributed by atoms with Crippen LogP contribution >= 0.6 is 46.1 Å². The maximum atomic E-state index is 5.85.